The molecule has 4 rings (SSSR count). The van der Waals surface area contributed by atoms with Crippen LogP contribution in [-0.2, 0) is 4.79 Å². The van der Waals surface area contributed by atoms with Crippen LogP contribution in [0.4, 0.5) is 11.4 Å². The summed E-state index contributed by atoms with van der Waals surface area (Å²) in [4.78, 5) is 16.8. The van der Waals surface area contributed by atoms with Crippen LogP contribution in [0, 0.1) is 0 Å². The highest BCUT2D eigenvalue weighted by atomic mass is 16.6. The molecule has 0 aliphatic carbocycles. The van der Waals surface area contributed by atoms with Gasteiger partial charge in [-0.2, -0.15) is 0 Å². The number of hydrogen-bond donors (Lipinski definition) is 1. The predicted molar refractivity (Wildman–Crippen MR) is 106 cm³/mol. The van der Waals surface area contributed by atoms with Crippen LogP contribution in [0.1, 0.15) is 6.42 Å². The highest BCUT2D eigenvalue weighted by Crippen LogP contribution is 2.32. The van der Waals surface area contributed by atoms with Gasteiger partial charge in [0.15, 0.2) is 11.5 Å². The average Bonchev–Trinajstić information content (AvgIpc) is 2.74. The fourth-order valence-electron chi connectivity index (χ4n) is 3.48. The summed E-state index contributed by atoms with van der Waals surface area (Å²) in [5.74, 6) is 1.74. The standard InChI is InChI=1S/C21H25N3O3/c25-21(24-12-10-23(11-13-24)18-4-2-1-3-5-18)8-9-22-17-6-7-19-20(16-17)27-15-14-26-19/h1-7,16,22H,8-15H2. The van der Waals surface area contributed by atoms with Crippen LogP contribution in [-0.4, -0.2) is 56.7 Å². The number of rotatable bonds is 5. The van der Waals surface area contributed by atoms with E-state index in [9.17, 15) is 4.79 Å². The lowest BCUT2D eigenvalue weighted by Crippen LogP contribution is -2.49. The second kappa shape index (κ2) is 8.20. The SMILES string of the molecule is O=C(CCNc1ccc2c(c1)OCCO2)N1CCN(c2ccccc2)CC1. The number of anilines is 2. The predicted octanol–water partition coefficient (Wildman–Crippen LogP) is 2.61. The Kier molecular flexibility index (Phi) is 5.32. The normalized spacial score (nSPS) is 16.1. The van der Waals surface area contributed by atoms with Gasteiger partial charge in [-0.15, -0.1) is 0 Å². The van der Waals surface area contributed by atoms with Crippen LogP contribution in [0.3, 0.4) is 0 Å². The molecule has 1 amide bonds. The molecule has 0 atom stereocenters. The molecule has 0 spiro atoms. The molecule has 142 valence electrons. The molecule has 1 saturated heterocycles. The van der Waals surface area contributed by atoms with E-state index in [1.165, 1.54) is 5.69 Å². The number of carbonyl (C=O) groups excluding carboxylic acids is 1. The summed E-state index contributed by atoms with van der Waals surface area (Å²) in [6, 6.07) is 16.2. The molecule has 2 aromatic carbocycles. The quantitative estimate of drug-likeness (QED) is 0.880. The Hall–Kier alpha value is -2.89. The molecule has 0 unspecified atom stereocenters. The Morgan fingerprint density at radius 3 is 2.44 bits per heavy atom. The molecule has 6 nitrogen and oxygen atoms in total. The van der Waals surface area contributed by atoms with E-state index in [4.69, 9.17) is 9.47 Å². The van der Waals surface area contributed by atoms with Crippen molar-refractivity contribution in [2.24, 2.45) is 0 Å². The summed E-state index contributed by atoms with van der Waals surface area (Å²) in [6.45, 7) is 5.08. The Morgan fingerprint density at radius 2 is 1.67 bits per heavy atom. The summed E-state index contributed by atoms with van der Waals surface area (Å²) in [5.41, 5.74) is 2.17. The zero-order valence-electron chi connectivity index (χ0n) is 15.4. The third-order valence-corrected chi connectivity index (χ3v) is 4.96. The molecule has 27 heavy (non-hydrogen) atoms. The molecular formula is C21H25N3O3. The third kappa shape index (κ3) is 4.27. The molecule has 2 aromatic rings. The van der Waals surface area contributed by atoms with E-state index < -0.39 is 0 Å². The molecule has 1 fully saturated rings. The van der Waals surface area contributed by atoms with Crippen molar-refractivity contribution >= 4 is 17.3 Å². The lowest BCUT2D eigenvalue weighted by molar-refractivity contribution is -0.131. The Balaban J connectivity index is 1.22. The van der Waals surface area contributed by atoms with E-state index in [0.29, 0.717) is 26.2 Å². The van der Waals surface area contributed by atoms with E-state index in [0.717, 1.165) is 43.4 Å². The highest BCUT2D eigenvalue weighted by Gasteiger charge is 2.21. The van der Waals surface area contributed by atoms with Crippen LogP contribution >= 0.6 is 0 Å². The summed E-state index contributed by atoms with van der Waals surface area (Å²) in [6.07, 6.45) is 0.486. The Labute approximate surface area is 159 Å². The zero-order chi connectivity index (χ0) is 18.5. The molecule has 1 N–H and O–H groups in total. The van der Waals surface area contributed by atoms with Crippen LogP contribution in [0.15, 0.2) is 48.5 Å². The van der Waals surface area contributed by atoms with Crippen LogP contribution in [0.2, 0.25) is 0 Å². The lowest BCUT2D eigenvalue weighted by atomic mass is 10.2. The van der Waals surface area contributed by atoms with Gasteiger partial charge in [0.25, 0.3) is 0 Å². The molecule has 0 aromatic heterocycles. The molecule has 2 aliphatic rings. The maximum Gasteiger partial charge on any atom is 0.224 e. The van der Waals surface area contributed by atoms with Gasteiger partial charge in [0.05, 0.1) is 0 Å². The van der Waals surface area contributed by atoms with Gasteiger partial charge in [-0.05, 0) is 24.3 Å². The smallest absolute Gasteiger partial charge is 0.224 e. The van der Waals surface area contributed by atoms with Crippen molar-refractivity contribution in [2.75, 3.05) is 56.2 Å². The molecule has 0 saturated carbocycles. The van der Waals surface area contributed by atoms with Gasteiger partial charge < -0.3 is 24.6 Å². The van der Waals surface area contributed by atoms with Crippen LogP contribution in [0.5, 0.6) is 11.5 Å². The maximum atomic E-state index is 12.5. The average molecular weight is 367 g/mol. The van der Waals surface area contributed by atoms with Crippen molar-refractivity contribution in [3.63, 3.8) is 0 Å². The first kappa shape index (κ1) is 17.5. The minimum atomic E-state index is 0.202. The van der Waals surface area contributed by atoms with E-state index >= 15 is 0 Å². The molecule has 0 bridgehead atoms. The molecule has 0 radical (unpaired) electrons. The Morgan fingerprint density at radius 1 is 0.926 bits per heavy atom. The van der Waals surface area contributed by atoms with Gasteiger partial charge in [-0.25, -0.2) is 0 Å². The molecule has 2 heterocycles. The van der Waals surface area contributed by atoms with Crippen molar-refractivity contribution in [2.45, 2.75) is 6.42 Å². The fraction of sp³-hybridized carbons (Fsp3) is 0.381. The van der Waals surface area contributed by atoms with Crippen LogP contribution < -0.4 is 19.7 Å². The second-order valence-corrected chi connectivity index (χ2v) is 6.74. The first-order valence-corrected chi connectivity index (χ1v) is 9.51. The van der Waals surface area contributed by atoms with Gasteiger partial charge >= 0.3 is 0 Å². The topological polar surface area (TPSA) is 54.0 Å². The zero-order valence-corrected chi connectivity index (χ0v) is 15.4. The summed E-state index contributed by atoms with van der Waals surface area (Å²) in [5, 5.41) is 3.31. The monoisotopic (exact) mass is 367 g/mol. The number of amides is 1. The molecular weight excluding hydrogens is 342 g/mol. The van der Waals surface area contributed by atoms with Gasteiger partial charge in [0.1, 0.15) is 13.2 Å². The van der Waals surface area contributed by atoms with E-state index in [-0.39, 0.29) is 5.91 Å². The van der Waals surface area contributed by atoms with Gasteiger partial charge in [-0.3, -0.25) is 4.79 Å². The minimum Gasteiger partial charge on any atom is -0.486 e. The van der Waals surface area contributed by atoms with Crippen molar-refractivity contribution in [1.29, 1.82) is 0 Å². The third-order valence-electron chi connectivity index (χ3n) is 4.96. The Bertz CT molecular complexity index is 773. The number of ether oxygens (including phenoxy) is 2. The van der Waals surface area contributed by atoms with Crippen molar-refractivity contribution in [3.8, 4) is 11.5 Å². The summed E-state index contributed by atoms with van der Waals surface area (Å²) >= 11 is 0. The maximum absolute atomic E-state index is 12.5. The number of benzene rings is 2. The van der Waals surface area contributed by atoms with Crippen LogP contribution in [0.25, 0.3) is 0 Å². The number of piperazine rings is 1. The molecule has 2 aliphatic heterocycles. The van der Waals surface area contributed by atoms with E-state index in [1.54, 1.807) is 0 Å². The summed E-state index contributed by atoms with van der Waals surface area (Å²) in [7, 11) is 0. The van der Waals surface area contributed by atoms with Crippen molar-refractivity contribution in [3.05, 3.63) is 48.5 Å². The first-order chi connectivity index (χ1) is 13.3. The van der Waals surface area contributed by atoms with Crippen molar-refractivity contribution in [1.82, 2.24) is 4.90 Å². The van der Waals surface area contributed by atoms with Gasteiger partial charge in [-0.1, -0.05) is 18.2 Å². The van der Waals surface area contributed by atoms with Crippen molar-refractivity contribution < 1.29 is 14.3 Å². The summed E-state index contributed by atoms with van der Waals surface area (Å²) < 4.78 is 11.1. The van der Waals surface area contributed by atoms with E-state index in [1.807, 2.05) is 29.2 Å². The van der Waals surface area contributed by atoms with E-state index in [2.05, 4.69) is 34.5 Å². The first-order valence-electron chi connectivity index (χ1n) is 9.51. The number of nitrogens with zero attached hydrogens (tertiary/aromatic N) is 2. The fourth-order valence-corrected chi connectivity index (χ4v) is 3.48. The highest BCUT2D eigenvalue weighted by molar-refractivity contribution is 5.77. The van der Waals surface area contributed by atoms with Gasteiger partial charge in [0.2, 0.25) is 5.91 Å². The largest absolute Gasteiger partial charge is 0.486 e. The number of fused-ring (bicyclic) bond motifs is 1. The number of hydrogen-bond acceptors (Lipinski definition) is 5. The number of carbonyl (C=O) groups is 1. The lowest BCUT2D eigenvalue weighted by Gasteiger charge is -2.36. The number of nitrogens with one attached hydrogen (secondary N) is 1. The second-order valence-electron chi connectivity index (χ2n) is 6.74. The van der Waals surface area contributed by atoms with Gasteiger partial charge in [0, 0.05) is 56.6 Å². The minimum absolute atomic E-state index is 0.202. The molecule has 6 heteroatoms. The number of para-hydroxylation sites is 1.